The fourth-order valence-corrected chi connectivity index (χ4v) is 1.93. The van der Waals surface area contributed by atoms with Gasteiger partial charge in [0.25, 0.3) is 0 Å². The van der Waals surface area contributed by atoms with Crippen LogP contribution in [0.3, 0.4) is 0 Å². The second-order valence-corrected chi connectivity index (χ2v) is 4.22. The minimum absolute atomic E-state index is 0.431. The Labute approximate surface area is 102 Å². The normalized spacial score (nSPS) is 10.1. The summed E-state index contributed by atoms with van der Waals surface area (Å²) in [6.07, 6.45) is 0. The summed E-state index contributed by atoms with van der Waals surface area (Å²) in [5.41, 5.74) is 15.4. The van der Waals surface area contributed by atoms with Crippen molar-refractivity contribution in [3.8, 4) is 0 Å². The Morgan fingerprint density at radius 1 is 1.47 bits per heavy atom. The van der Waals surface area contributed by atoms with Gasteiger partial charge in [0.2, 0.25) is 5.91 Å². The molecule has 0 aliphatic rings. The van der Waals surface area contributed by atoms with Crippen molar-refractivity contribution in [1.29, 1.82) is 0 Å². The lowest BCUT2D eigenvalue weighted by molar-refractivity contribution is 0.100. The zero-order valence-corrected chi connectivity index (χ0v) is 9.83. The van der Waals surface area contributed by atoms with Crippen molar-refractivity contribution in [2.75, 3.05) is 11.1 Å². The molecular weight excluding hydrogens is 236 g/mol. The third-order valence-corrected chi connectivity index (χ3v) is 2.92. The van der Waals surface area contributed by atoms with Gasteiger partial charge >= 0.3 is 0 Å². The summed E-state index contributed by atoms with van der Waals surface area (Å²) in [4.78, 5) is 15.2. The second-order valence-electron chi connectivity index (χ2n) is 3.50. The first-order chi connectivity index (χ1) is 8.16. The minimum atomic E-state index is -0.471. The number of nitrogens with one attached hydrogen (secondary N) is 1. The maximum Gasteiger partial charge on any atom is 0.248 e. The molecule has 0 unspecified atom stereocenters. The van der Waals surface area contributed by atoms with Crippen molar-refractivity contribution in [2.45, 2.75) is 6.54 Å². The Morgan fingerprint density at radius 3 is 2.94 bits per heavy atom. The van der Waals surface area contributed by atoms with Crippen LogP contribution in [0.15, 0.2) is 29.1 Å². The molecule has 0 saturated heterocycles. The highest BCUT2D eigenvalue weighted by Crippen LogP contribution is 2.20. The van der Waals surface area contributed by atoms with E-state index in [9.17, 15) is 4.79 Å². The van der Waals surface area contributed by atoms with Crippen LogP contribution in [0.25, 0.3) is 0 Å². The molecule has 1 aromatic heterocycles. The predicted molar refractivity (Wildman–Crippen MR) is 68.8 cm³/mol. The summed E-state index contributed by atoms with van der Waals surface area (Å²) in [6.45, 7) is 0.565. The maximum atomic E-state index is 11.0. The number of thiazole rings is 1. The van der Waals surface area contributed by atoms with Gasteiger partial charge in [0, 0.05) is 10.9 Å². The van der Waals surface area contributed by atoms with Crippen LogP contribution >= 0.6 is 11.3 Å². The average molecular weight is 248 g/mol. The molecule has 5 nitrogen and oxygen atoms in total. The van der Waals surface area contributed by atoms with Crippen LogP contribution in [-0.4, -0.2) is 10.9 Å². The lowest BCUT2D eigenvalue weighted by Gasteiger charge is -2.09. The first-order valence-electron chi connectivity index (χ1n) is 4.97. The highest BCUT2D eigenvalue weighted by Gasteiger charge is 2.05. The number of nitrogens with two attached hydrogens (primary N) is 2. The van der Waals surface area contributed by atoms with E-state index < -0.39 is 5.91 Å². The molecular formula is C11H12N4OS. The number of hydrogen-bond acceptors (Lipinski definition) is 5. The average Bonchev–Trinajstić information content (AvgIpc) is 2.80. The third-order valence-electron chi connectivity index (χ3n) is 2.28. The highest BCUT2D eigenvalue weighted by molar-refractivity contribution is 7.07. The van der Waals surface area contributed by atoms with Gasteiger partial charge in [-0.2, -0.15) is 0 Å². The molecule has 88 valence electrons. The Kier molecular flexibility index (Phi) is 3.24. The molecule has 0 aliphatic heterocycles. The molecule has 0 atom stereocenters. The third kappa shape index (κ3) is 2.73. The molecule has 1 heterocycles. The maximum absolute atomic E-state index is 11.0. The van der Waals surface area contributed by atoms with Crippen molar-refractivity contribution in [1.82, 2.24) is 4.98 Å². The number of carbonyl (C=O) groups excluding carboxylic acids is 1. The van der Waals surface area contributed by atoms with Crippen molar-refractivity contribution in [3.05, 3.63) is 40.3 Å². The fraction of sp³-hybridized carbons (Fsp3) is 0.0909. The van der Waals surface area contributed by atoms with Gasteiger partial charge in [-0.05, 0) is 18.2 Å². The number of aromatic nitrogens is 1. The second kappa shape index (κ2) is 4.84. The molecule has 5 N–H and O–H groups in total. The number of primary amides is 1. The number of benzene rings is 1. The number of nitrogens with zero attached hydrogens (tertiary/aromatic N) is 1. The topological polar surface area (TPSA) is 94.0 Å². The molecule has 1 amide bonds. The summed E-state index contributed by atoms with van der Waals surface area (Å²) >= 11 is 1.53. The van der Waals surface area contributed by atoms with Gasteiger partial charge in [0.15, 0.2) is 0 Å². The standard InChI is InChI=1S/C11H12N4OS/c12-9-2-1-7(11(13)16)3-10(9)14-4-8-5-17-6-15-8/h1-3,5-6,14H,4,12H2,(H2,13,16). The largest absolute Gasteiger partial charge is 0.397 e. The van der Waals surface area contributed by atoms with Gasteiger partial charge in [-0.1, -0.05) is 0 Å². The van der Waals surface area contributed by atoms with Crippen molar-refractivity contribution in [2.24, 2.45) is 5.73 Å². The van der Waals surface area contributed by atoms with E-state index in [1.54, 1.807) is 23.7 Å². The van der Waals surface area contributed by atoms with Gasteiger partial charge < -0.3 is 16.8 Å². The van der Waals surface area contributed by atoms with Crippen LogP contribution in [0, 0.1) is 0 Å². The molecule has 0 saturated carbocycles. The van der Waals surface area contributed by atoms with Gasteiger partial charge in [-0.25, -0.2) is 4.98 Å². The Balaban J connectivity index is 2.14. The zero-order chi connectivity index (χ0) is 12.3. The van der Waals surface area contributed by atoms with Crippen LogP contribution in [-0.2, 0) is 6.54 Å². The number of anilines is 2. The molecule has 0 fully saturated rings. The van der Waals surface area contributed by atoms with Crippen molar-refractivity contribution in [3.63, 3.8) is 0 Å². The SMILES string of the molecule is NC(=O)c1ccc(N)c(NCc2cscn2)c1. The van der Waals surface area contributed by atoms with Crippen LogP contribution in [0.1, 0.15) is 16.1 Å². The fourth-order valence-electron chi connectivity index (χ4n) is 1.37. The highest BCUT2D eigenvalue weighted by atomic mass is 32.1. The smallest absolute Gasteiger partial charge is 0.248 e. The van der Waals surface area contributed by atoms with Gasteiger partial charge in [0.05, 0.1) is 29.1 Å². The predicted octanol–water partition coefficient (Wildman–Crippen LogP) is 1.44. The van der Waals surface area contributed by atoms with E-state index in [0.717, 1.165) is 5.69 Å². The van der Waals surface area contributed by atoms with Crippen LogP contribution in [0.4, 0.5) is 11.4 Å². The number of amides is 1. The lowest BCUT2D eigenvalue weighted by Crippen LogP contribution is -2.12. The van der Waals surface area contributed by atoms with E-state index in [1.807, 2.05) is 5.38 Å². The summed E-state index contributed by atoms with van der Waals surface area (Å²) in [7, 11) is 0. The van der Waals surface area contributed by atoms with E-state index in [4.69, 9.17) is 11.5 Å². The summed E-state index contributed by atoms with van der Waals surface area (Å²) < 4.78 is 0. The molecule has 0 aliphatic carbocycles. The number of carbonyl (C=O) groups is 1. The first kappa shape index (κ1) is 11.4. The molecule has 0 bridgehead atoms. The van der Waals surface area contributed by atoms with Gasteiger partial charge in [-0.15, -0.1) is 11.3 Å². The molecule has 2 rings (SSSR count). The Hall–Kier alpha value is -2.08. The summed E-state index contributed by atoms with van der Waals surface area (Å²) in [5, 5.41) is 5.07. The zero-order valence-electron chi connectivity index (χ0n) is 9.01. The van der Waals surface area contributed by atoms with Crippen LogP contribution < -0.4 is 16.8 Å². The lowest BCUT2D eigenvalue weighted by atomic mass is 10.1. The van der Waals surface area contributed by atoms with E-state index in [-0.39, 0.29) is 0 Å². The van der Waals surface area contributed by atoms with E-state index >= 15 is 0 Å². The molecule has 0 spiro atoms. The number of rotatable bonds is 4. The Morgan fingerprint density at radius 2 is 2.29 bits per heavy atom. The molecule has 2 aromatic rings. The molecule has 17 heavy (non-hydrogen) atoms. The molecule has 6 heteroatoms. The van der Waals surface area contributed by atoms with Gasteiger partial charge in [-0.3, -0.25) is 4.79 Å². The van der Waals surface area contributed by atoms with E-state index in [2.05, 4.69) is 10.3 Å². The first-order valence-corrected chi connectivity index (χ1v) is 5.91. The minimum Gasteiger partial charge on any atom is -0.397 e. The summed E-state index contributed by atoms with van der Waals surface area (Å²) in [5.74, 6) is -0.471. The van der Waals surface area contributed by atoms with Crippen molar-refractivity contribution < 1.29 is 4.79 Å². The van der Waals surface area contributed by atoms with E-state index in [1.165, 1.54) is 11.3 Å². The quantitative estimate of drug-likeness (QED) is 0.713. The van der Waals surface area contributed by atoms with Gasteiger partial charge in [0.1, 0.15) is 0 Å². The number of nitrogen functional groups attached to an aromatic ring is 1. The molecule has 1 aromatic carbocycles. The monoisotopic (exact) mass is 248 g/mol. The van der Waals surface area contributed by atoms with Crippen LogP contribution in [0.5, 0.6) is 0 Å². The van der Waals surface area contributed by atoms with Crippen LogP contribution in [0.2, 0.25) is 0 Å². The van der Waals surface area contributed by atoms with E-state index in [0.29, 0.717) is 23.5 Å². The Bertz CT molecular complexity index is 524. The summed E-state index contributed by atoms with van der Waals surface area (Å²) in [6, 6.07) is 4.90. The number of hydrogen-bond donors (Lipinski definition) is 3. The van der Waals surface area contributed by atoms with Crippen molar-refractivity contribution >= 4 is 28.6 Å². The molecule has 0 radical (unpaired) electrons.